The van der Waals surface area contributed by atoms with Gasteiger partial charge in [0.15, 0.2) is 6.40 Å². The van der Waals surface area contributed by atoms with Crippen LogP contribution in [0.5, 0.6) is 0 Å². The molecule has 0 aliphatic heterocycles. The van der Waals surface area contributed by atoms with Crippen LogP contribution in [0.25, 0.3) is 11.5 Å². The fourth-order valence-corrected chi connectivity index (χ4v) is 2.04. The molecule has 1 N–H and O–H groups in total. The molecule has 9 heteroatoms. The lowest BCUT2D eigenvalue weighted by Gasteiger charge is -2.05. The van der Waals surface area contributed by atoms with Crippen molar-refractivity contribution in [3.63, 3.8) is 0 Å². The number of thioether (sulfide) groups is 1. The van der Waals surface area contributed by atoms with Crippen LogP contribution in [0.1, 0.15) is 13.8 Å². The molecule has 0 radical (unpaired) electrons. The Kier molecular flexibility index (Phi) is 5.90. The summed E-state index contributed by atoms with van der Waals surface area (Å²) >= 11 is 1.15. The van der Waals surface area contributed by atoms with Gasteiger partial charge in [-0.3, -0.25) is 9.78 Å². The van der Waals surface area contributed by atoms with E-state index in [-0.39, 0.29) is 5.91 Å². The molecule has 22 heavy (non-hydrogen) atoms. The second kappa shape index (κ2) is 8.13. The first-order valence-corrected chi connectivity index (χ1v) is 7.42. The molecule has 2 rings (SSSR count). The van der Waals surface area contributed by atoms with Crippen molar-refractivity contribution in [1.82, 2.24) is 20.6 Å². The molecule has 0 saturated carbocycles. The van der Waals surface area contributed by atoms with Crippen LogP contribution >= 0.6 is 11.8 Å². The SMILES string of the molecule is CCO/C=N/NC(=O)C(C)Sc1nnc(-c2ccncc2)o1. The predicted molar refractivity (Wildman–Crippen MR) is 81.1 cm³/mol. The zero-order valence-corrected chi connectivity index (χ0v) is 12.9. The van der Waals surface area contributed by atoms with E-state index in [9.17, 15) is 4.79 Å². The van der Waals surface area contributed by atoms with Gasteiger partial charge >= 0.3 is 0 Å². The Morgan fingerprint density at radius 3 is 3.00 bits per heavy atom. The lowest BCUT2D eigenvalue weighted by molar-refractivity contribution is -0.120. The average molecular weight is 321 g/mol. The van der Waals surface area contributed by atoms with E-state index >= 15 is 0 Å². The number of carbonyl (C=O) groups excluding carboxylic acids is 1. The molecular formula is C13H15N5O3S. The lowest BCUT2D eigenvalue weighted by atomic mass is 10.3. The topological polar surface area (TPSA) is 102 Å². The number of hydrazone groups is 1. The van der Waals surface area contributed by atoms with Gasteiger partial charge in [-0.25, -0.2) is 5.43 Å². The van der Waals surface area contributed by atoms with Crippen LogP contribution in [0.3, 0.4) is 0 Å². The van der Waals surface area contributed by atoms with Gasteiger partial charge in [0.05, 0.1) is 11.9 Å². The van der Waals surface area contributed by atoms with Gasteiger partial charge in [-0.1, -0.05) is 11.8 Å². The number of pyridine rings is 1. The highest BCUT2D eigenvalue weighted by molar-refractivity contribution is 8.00. The molecule has 2 aromatic rings. The molecule has 0 spiro atoms. The molecule has 2 heterocycles. The molecule has 1 unspecified atom stereocenters. The third kappa shape index (κ3) is 4.55. The van der Waals surface area contributed by atoms with Crippen LogP contribution in [0.15, 0.2) is 39.3 Å². The van der Waals surface area contributed by atoms with Crippen LogP contribution < -0.4 is 5.43 Å². The molecule has 0 aliphatic carbocycles. The Labute approximate surface area is 131 Å². The Balaban J connectivity index is 1.91. The van der Waals surface area contributed by atoms with Crippen molar-refractivity contribution in [3.05, 3.63) is 24.5 Å². The quantitative estimate of drug-likeness (QED) is 0.358. The summed E-state index contributed by atoms with van der Waals surface area (Å²) in [6.07, 6.45) is 4.46. The van der Waals surface area contributed by atoms with Crippen molar-refractivity contribution in [1.29, 1.82) is 0 Å². The maximum atomic E-state index is 11.8. The minimum absolute atomic E-state index is 0.287. The molecule has 116 valence electrons. The third-order valence-corrected chi connectivity index (χ3v) is 3.38. The molecule has 8 nitrogen and oxygen atoms in total. The number of nitrogens with zero attached hydrogens (tertiary/aromatic N) is 4. The molecule has 0 saturated heterocycles. The molecule has 0 fully saturated rings. The zero-order valence-electron chi connectivity index (χ0n) is 12.1. The summed E-state index contributed by atoms with van der Waals surface area (Å²) in [6.45, 7) is 4.03. The fraction of sp³-hybridized carbons (Fsp3) is 0.308. The van der Waals surface area contributed by atoms with Crippen LogP contribution in [0.2, 0.25) is 0 Å². The zero-order chi connectivity index (χ0) is 15.8. The van der Waals surface area contributed by atoms with Gasteiger partial charge in [0.2, 0.25) is 5.89 Å². The maximum absolute atomic E-state index is 11.8. The van der Waals surface area contributed by atoms with Crippen LogP contribution in [0, 0.1) is 0 Å². The van der Waals surface area contributed by atoms with Crippen LogP contribution in [-0.4, -0.2) is 39.3 Å². The van der Waals surface area contributed by atoms with E-state index in [2.05, 4.69) is 25.7 Å². The molecule has 0 aromatic carbocycles. The van der Waals surface area contributed by atoms with Crippen LogP contribution in [0.4, 0.5) is 0 Å². The number of amides is 1. The van der Waals surface area contributed by atoms with Gasteiger partial charge in [-0.2, -0.15) is 0 Å². The van der Waals surface area contributed by atoms with Gasteiger partial charge in [-0.15, -0.1) is 15.3 Å². The second-order valence-electron chi connectivity index (χ2n) is 4.03. The summed E-state index contributed by atoms with van der Waals surface area (Å²) in [5, 5.41) is 11.4. The Morgan fingerprint density at radius 2 is 2.27 bits per heavy atom. The lowest BCUT2D eigenvalue weighted by Crippen LogP contribution is -2.26. The largest absolute Gasteiger partial charge is 0.482 e. The third-order valence-electron chi connectivity index (χ3n) is 2.45. The molecule has 1 atom stereocenters. The normalized spacial score (nSPS) is 12.3. The van der Waals surface area contributed by atoms with Crippen molar-refractivity contribution < 1.29 is 13.9 Å². The van der Waals surface area contributed by atoms with Gasteiger partial charge in [0.25, 0.3) is 11.1 Å². The maximum Gasteiger partial charge on any atom is 0.277 e. The van der Waals surface area contributed by atoms with E-state index in [1.165, 1.54) is 6.40 Å². The van der Waals surface area contributed by atoms with Crippen LogP contribution in [-0.2, 0) is 9.53 Å². The number of hydrogen-bond acceptors (Lipinski definition) is 8. The van der Waals surface area contributed by atoms with Crippen molar-refractivity contribution in [2.24, 2.45) is 5.10 Å². The standard InChI is InChI=1S/C13H15N5O3S/c1-3-20-8-15-16-11(19)9(2)22-13-18-17-12(21-13)10-4-6-14-7-5-10/h4-9H,3H2,1-2H3,(H,16,19)/b15-8+. The van der Waals surface area contributed by atoms with Crippen molar-refractivity contribution >= 4 is 24.1 Å². The first kappa shape index (κ1) is 16.0. The Morgan fingerprint density at radius 1 is 1.50 bits per heavy atom. The van der Waals surface area contributed by atoms with Crippen molar-refractivity contribution in [3.8, 4) is 11.5 Å². The van der Waals surface area contributed by atoms with E-state index in [1.54, 1.807) is 31.5 Å². The van der Waals surface area contributed by atoms with E-state index < -0.39 is 5.25 Å². The summed E-state index contributed by atoms with van der Waals surface area (Å²) in [5.41, 5.74) is 3.13. The molecule has 0 bridgehead atoms. The highest BCUT2D eigenvalue weighted by atomic mass is 32.2. The van der Waals surface area contributed by atoms with E-state index in [4.69, 9.17) is 9.15 Å². The number of aromatic nitrogens is 3. The van der Waals surface area contributed by atoms with Crippen molar-refractivity contribution in [2.45, 2.75) is 24.3 Å². The van der Waals surface area contributed by atoms with Crippen molar-refractivity contribution in [2.75, 3.05) is 6.61 Å². The van der Waals surface area contributed by atoms with E-state index in [0.717, 1.165) is 17.3 Å². The monoisotopic (exact) mass is 321 g/mol. The number of carbonyl (C=O) groups is 1. The highest BCUT2D eigenvalue weighted by Crippen LogP contribution is 2.25. The molecule has 2 aromatic heterocycles. The summed E-state index contributed by atoms with van der Waals surface area (Å²) in [5.74, 6) is 0.0940. The summed E-state index contributed by atoms with van der Waals surface area (Å²) in [6, 6.07) is 3.53. The first-order chi connectivity index (χ1) is 10.7. The van der Waals surface area contributed by atoms with E-state index in [1.807, 2.05) is 6.92 Å². The smallest absolute Gasteiger partial charge is 0.277 e. The minimum atomic E-state index is -0.440. The molecule has 1 amide bonds. The summed E-state index contributed by atoms with van der Waals surface area (Å²) in [4.78, 5) is 15.7. The number of ether oxygens (including phenoxy) is 1. The predicted octanol–water partition coefficient (Wildman–Crippen LogP) is 1.71. The average Bonchev–Trinajstić information content (AvgIpc) is 3.00. The van der Waals surface area contributed by atoms with Gasteiger partial charge < -0.3 is 9.15 Å². The van der Waals surface area contributed by atoms with Gasteiger partial charge in [0.1, 0.15) is 0 Å². The minimum Gasteiger partial charge on any atom is -0.482 e. The van der Waals surface area contributed by atoms with Gasteiger partial charge in [0, 0.05) is 18.0 Å². The summed E-state index contributed by atoms with van der Waals surface area (Å²) < 4.78 is 10.4. The Bertz CT molecular complexity index is 632. The number of nitrogens with one attached hydrogen (secondary N) is 1. The Hall–Kier alpha value is -2.42. The fourth-order valence-electron chi connectivity index (χ4n) is 1.37. The van der Waals surface area contributed by atoms with Gasteiger partial charge in [-0.05, 0) is 26.0 Å². The van der Waals surface area contributed by atoms with E-state index in [0.29, 0.717) is 17.7 Å². The number of hydrogen-bond donors (Lipinski definition) is 1. The second-order valence-corrected chi connectivity index (χ2v) is 5.33. The molecular weight excluding hydrogens is 306 g/mol. The highest BCUT2D eigenvalue weighted by Gasteiger charge is 2.18. The molecule has 0 aliphatic rings. The number of rotatable bonds is 7. The first-order valence-electron chi connectivity index (χ1n) is 6.54. The summed E-state index contributed by atoms with van der Waals surface area (Å²) in [7, 11) is 0.